The molecule has 0 aromatic heterocycles. The lowest BCUT2D eigenvalue weighted by Crippen LogP contribution is -2.16. The summed E-state index contributed by atoms with van der Waals surface area (Å²) >= 11 is 3.55. The van der Waals surface area contributed by atoms with Crippen molar-refractivity contribution in [3.05, 3.63) is 27.7 Å². The fraction of sp³-hybridized carbons (Fsp3) is 0.333. The predicted octanol–water partition coefficient (Wildman–Crippen LogP) is 2.50. The summed E-state index contributed by atoms with van der Waals surface area (Å²) in [6.45, 7) is 3.77. The van der Waals surface area contributed by atoms with Crippen LogP contribution in [0.2, 0.25) is 0 Å². The van der Waals surface area contributed by atoms with Crippen LogP contribution in [-0.4, -0.2) is 19.8 Å². The summed E-state index contributed by atoms with van der Waals surface area (Å²) in [6, 6.07) is 2.00. The van der Waals surface area contributed by atoms with Gasteiger partial charge in [0.1, 0.15) is 13.2 Å². The second kappa shape index (κ2) is 4.89. The molecule has 0 spiro atoms. The van der Waals surface area contributed by atoms with Gasteiger partial charge in [0.05, 0.1) is 4.47 Å². The number of hydrogen-bond donors (Lipinski definition) is 1. The molecule has 0 atom stereocenters. The third-order valence-electron chi connectivity index (χ3n) is 2.44. The normalized spacial score (nSPS) is 14.4. The number of aryl methyl sites for hydroxylation is 1. The van der Waals surface area contributed by atoms with Gasteiger partial charge in [0.15, 0.2) is 11.5 Å². The third kappa shape index (κ3) is 2.08. The minimum atomic E-state index is 0.528. The molecule has 0 unspecified atom stereocenters. The molecule has 1 aliphatic heterocycles. The van der Waals surface area contributed by atoms with Gasteiger partial charge < -0.3 is 15.2 Å². The number of ether oxygens (including phenoxy) is 2. The second-order valence-corrected chi connectivity index (χ2v) is 4.38. The fourth-order valence-corrected chi connectivity index (χ4v) is 2.43. The first kappa shape index (κ1) is 11.5. The van der Waals surface area contributed by atoms with Crippen molar-refractivity contribution in [2.24, 2.45) is 5.73 Å². The van der Waals surface area contributed by atoms with Crippen LogP contribution in [0.3, 0.4) is 0 Å². The Labute approximate surface area is 103 Å². The summed E-state index contributed by atoms with van der Waals surface area (Å²) in [5.41, 5.74) is 7.69. The average Bonchev–Trinajstić information content (AvgIpc) is 2.29. The highest BCUT2D eigenvalue weighted by Gasteiger charge is 2.18. The van der Waals surface area contributed by atoms with Crippen molar-refractivity contribution < 1.29 is 9.47 Å². The van der Waals surface area contributed by atoms with Crippen LogP contribution in [0.25, 0.3) is 6.08 Å². The molecule has 0 bridgehead atoms. The highest BCUT2D eigenvalue weighted by Crippen LogP contribution is 2.41. The van der Waals surface area contributed by atoms with Crippen molar-refractivity contribution in [3.8, 4) is 11.5 Å². The van der Waals surface area contributed by atoms with E-state index >= 15 is 0 Å². The summed E-state index contributed by atoms with van der Waals surface area (Å²) < 4.78 is 12.1. The Morgan fingerprint density at radius 1 is 1.44 bits per heavy atom. The molecule has 86 valence electrons. The van der Waals surface area contributed by atoms with Crippen molar-refractivity contribution in [2.75, 3.05) is 19.8 Å². The molecule has 16 heavy (non-hydrogen) atoms. The molecule has 2 rings (SSSR count). The summed E-state index contributed by atoms with van der Waals surface area (Å²) in [4.78, 5) is 0. The first-order valence-electron chi connectivity index (χ1n) is 5.19. The van der Waals surface area contributed by atoms with E-state index in [-0.39, 0.29) is 0 Å². The maximum Gasteiger partial charge on any atom is 0.176 e. The Balaban J connectivity index is 2.49. The molecular weight excluding hydrogens is 270 g/mol. The standard InChI is InChI=1S/C12H14BrNO2/c1-8-7-10-12(16-6-5-15-10)11(13)9(8)3-2-4-14/h2-3,7H,4-6,14H2,1H3/b3-2+. The Morgan fingerprint density at radius 2 is 2.19 bits per heavy atom. The van der Waals surface area contributed by atoms with Crippen molar-refractivity contribution in [2.45, 2.75) is 6.92 Å². The van der Waals surface area contributed by atoms with Gasteiger partial charge in [-0.2, -0.15) is 0 Å². The number of nitrogens with two attached hydrogens (primary N) is 1. The molecule has 1 aliphatic rings. The molecule has 1 heterocycles. The Bertz CT molecular complexity index is 430. The second-order valence-electron chi connectivity index (χ2n) is 3.58. The zero-order chi connectivity index (χ0) is 11.5. The molecule has 0 radical (unpaired) electrons. The molecule has 0 aliphatic carbocycles. The average molecular weight is 284 g/mol. The summed E-state index contributed by atoms with van der Waals surface area (Å²) in [5.74, 6) is 1.59. The molecule has 0 amide bonds. The number of halogens is 1. The van der Waals surface area contributed by atoms with Crippen molar-refractivity contribution in [3.63, 3.8) is 0 Å². The van der Waals surface area contributed by atoms with Gasteiger partial charge in [0.2, 0.25) is 0 Å². The van der Waals surface area contributed by atoms with E-state index < -0.39 is 0 Å². The van der Waals surface area contributed by atoms with Gasteiger partial charge >= 0.3 is 0 Å². The number of rotatable bonds is 2. The van der Waals surface area contributed by atoms with Crippen LogP contribution in [0.5, 0.6) is 11.5 Å². The predicted molar refractivity (Wildman–Crippen MR) is 68.0 cm³/mol. The van der Waals surface area contributed by atoms with Crippen molar-refractivity contribution in [1.29, 1.82) is 0 Å². The summed E-state index contributed by atoms with van der Waals surface area (Å²) in [5, 5.41) is 0. The van der Waals surface area contributed by atoms with E-state index in [2.05, 4.69) is 15.9 Å². The molecule has 1 aromatic rings. The monoisotopic (exact) mass is 283 g/mol. The molecule has 0 saturated carbocycles. The lowest BCUT2D eigenvalue weighted by molar-refractivity contribution is 0.170. The lowest BCUT2D eigenvalue weighted by atomic mass is 10.1. The number of benzene rings is 1. The SMILES string of the molecule is Cc1cc2c(c(Br)c1/C=C/CN)OCCO2. The topological polar surface area (TPSA) is 44.5 Å². The summed E-state index contributed by atoms with van der Waals surface area (Å²) in [7, 11) is 0. The minimum absolute atomic E-state index is 0.528. The first-order valence-corrected chi connectivity index (χ1v) is 5.98. The highest BCUT2D eigenvalue weighted by atomic mass is 79.9. The largest absolute Gasteiger partial charge is 0.486 e. The molecule has 0 fully saturated rings. The molecule has 2 N–H and O–H groups in total. The quantitative estimate of drug-likeness (QED) is 0.907. The lowest BCUT2D eigenvalue weighted by Gasteiger charge is -2.21. The van der Waals surface area contributed by atoms with Crippen LogP contribution in [0.15, 0.2) is 16.6 Å². The smallest absolute Gasteiger partial charge is 0.176 e. The van der Waals surface area contributed by atoms with Gasteiger partial charge in [-0.05, 0) is 40.0 Å². The van der Waals surface area contributed by atoms with Gasteiger partial charge in [-0.3, -0.25) is 0 Å². The van der Waals surface area contributed by atoms with Gasteiger partial charge in [-0.25, -0.2) is 0 Å². The van der Waals surface area contributed by atoms with E-state index in [9.17, 15) is 0 Å². The third-order valence-corrected chi connectivity index (χ3v) is 3.23. The Kier molecular flexibility index (Phi) is 3.51. The summed E-state index contributed by atoms with van der Waals surface area (Å²) in [6.07, 6.45) is 3.92. The maximum absolute atomic E-state index is 5.59. The minimum Gasteiger partial charge on any atom is -0.486 e. The number of fused-ring (bicyclic) bond motifs is 1. The Morgan fingerprint density at radius 3 is 2.94 bits per heavy atom. The van der Waals surface area contributed by atoms with Crippen LogP contribution < -0.4 is 15.2 Å². The van der Waals surface area contributed by atoms with Gasteiger partial charge in [-0.1, -0.05) is 12.2 Å². The van der Waals surface area contributed by atoms with E-state index in [1.807, 2.05) is 25.1 Å². The van der Waals surface area contributed by atoms with Crippen LogP contribution in [-0.2, 0) is 0 Å². The van der Waals surface area contributed by atoms with Crippen molar-refractivity contribution >= 4 is 22.0 Å². The highest BCUT2D eigenvalue weighted by molar-refractivity contribution is 9.10. The fourth-order valence-electron chi connectivity index (χ4n) is 1.67. The molecular formula is C12H14BrNO2. The van der Waals surface area contributed by atoms with E-state index in [1.165, 1.54) is 0 Å². The van der Waals surface area contributed by atoms with Crippen LogP contribution in [0, 0.1) is 6.92 Å². The molecule has 1 aromatic carbocycles. The van der Waals surface area contributed by atoms with Crippen LogP contribution in [0.4, 0.5) is 0 Å². The van der Waals surface area contributed by atoms with Gasteiger partial charge in [-0.15, -0.1) is 0 Å². The zero-order valence-corrected chi connectivity index (χ0v) is 10.7. The first-order chi connectivity index (χ1) is 7.74. The van der Waals surface area contributed by atoms with E-state index in [0.717, 1.165) is 27.1 Å². The molecule has 0 saturated heterocycles. The zero-order valence-electron chi connectivity index (χ0n) is 9.13. The number of hydrogen-bond acceptors (Lipinski definition) is 3. The molecule has 4 heteroatoms. The van der Waals surface area contributed by atoms with Crippen LogP contribution in [0.1, 0.15) is 11.1 Å². The van der Waals surface area contributed by atoms with E-state index in [1.54, 1.807) is 0 Å². The van der Waals surface area contributed by atoms with E-state index in [0.29, 0.717) is 19.8 Å². The van der Waals surface area contributed by atoms with Crippen molar-refractivity contribution in [1.82, 2.24) is 0 Å². The van der Waals surface area contributed by atoms with E-state index in [4.69, 9.17) is 15.2 Å². The maximum atomic E-state index is 5.59. The molecule has 3 nitrogen and oxygen atoms in total. The Hall–Kier alpha value is -1.00. The van der Waals surface area contributed by atoms with Gasteiger partial charge in [0, 0.05) is 6.54 Å². The van der Waals surface area contributed by atoms with Gasteiger partial charge in [0.25, 0.3) is 0 Å². The van der Waals surface area contributed by atoms with Crippen LogP contribution >= 0.6 is 15.9 Å².